The van der Waals surface area contributed by atoms with Crippen molar-refractivity contribution in [3.63, 3.8) is 0 Å². The Bertz CT molecular complexity index is 1310. The molecule has 1 aliphatic heterocycles. The Morgan fingerprint density at radius 2 is 1.81 bits per heavy atom. The summed E-state index contributed by atoms with van der Waals surface area (Å²) in [7, 11) is 0. The van der Waals surface area contributed by atoms with Crippen molar-refractivity contribution < 1.29 is 22.8 Å². The maximum absolute atomic E-state index is 14.4. The van der Waals surface area contributed by atoms with Gasteiger partial charge in [-0.15, -0.1) is 0 Å². The number of carbonyl (C=O) groups is 1. The molecular formula is C26H23Cl2F3N2O2S. The smallest absolute Gasteiger partial charge is 0.374 e. The van der Waals surface area contributed by atoms with Crippen molar-refractivity contribution in [1.82, 2.24) is 5.32 Å². The molecule has 1 N–H and O–H groups in total. The van der Waals surface area contributed by atoms with Gasteiger partial charge in [-0.2, -0.15) is 24.9 Å². The number of amides is 1. The lowest BCUT2D eigenvalue weighted by atomic mass is 9.85. The zero-order valence-corrected chi connectivity index (χ0v) is 21.8. The summed E-state index contributed by atoms with van der Waals surface area (Å²) in [5.41, 5.74) is -1.96. The summed E-state index contributed by atoms with van der Waals surface area (Å²) in [6.07, 6.45) is -2.53. The zero-order chi connectivity index (χ0) is 26.1. The molecule has 1 aliphatic rings. The van der Waals surface area contributed by atoms with Gasteiger partial charge >= 0.3 is 6.18 Å². The Morgan fingerprint density at radius 3 is 2.44 bits per heavy atom. The summed E-state index contributed by atoms with van der Waals surface area (Å²) in [5, 5.41) is 8.55. The van der Waals surface area contributed by atoms with Gasteiger partial charge in [0, 0.05) is 45.0 Å². The first-order valence-corrected chi connectivity index (χ1v) is 13.2. The molecule has 0 saturated heterocycles. The lowest BCUT2D eigenvalue weighted by Gasteiger charge is -2.29. The number of thioether (sulfide) groups is 1. The lowest BCUT2D eigenvalue weighted by Crippen LogP contribution is -2.42. The highest BCUT2D eigenvalue weighted by atomic mass is 35.5. The molecule has 2 unspecified atom stereocenters. The second kappa shape index (κ2) is 10.5. The molecule has 36 heavy (non-hydrogen) atoms. The van der Waals surface area contributed by atoms with Crippen LogP contribution in [0.3, 0.4) is 0 Å². The van der Waals surface area contributed by atoms with Crippen LogP contribution < -0.4 is 5.32 Å². The van der Waals surface area contributed by atoms with Gasteiger partial charge in [-0.1, -0.05) is 65.6 Å². The maximum Gasteiger partial charge on any atom is 0.435 e. The van der Waals surface area contributed by atoms with Crippen molar-refractivity contribution in [3.8, 4) is 0 Å². The molecular weight excluding hydrogens is 532 g/mol. The number of oxime groups is 1. The van der Waals surface area contributed by atoms with E-state index in [2.05, 4.69) is 17.4 Å². The van der Waals surface area contributed by atoms with E-state index in [4.69, 9.17) is 28.0 Å². The third-order valence-electron chi connectivity index (χ3n) is 6.23. The number of halogens is 5. The van der Waals surface area contributed by atoms with Crippen molar-refractivity contribution in [3.05, 3.63) is 81.3 Å². The third-order valence-corrected chi connectivity index (χ3v) is 7.71. The van der Waals surface area contributed by atoms with E-state index in [9.17, 15) is 18.0 Å². The SMILES string of the molecule is CSC(C)CCNC(=O)c1ccc(C2=NOC(c3cc(Cl)cc(Cl)c3)(C(F)(F)F)C2)c2ccccc12. The molecule has 4 rings (SSSR count). The van der Waals surface area contributed by atoms with E-state index < -0.39 is 18.2 Å². The number of alkyl halides is 3. The number of fused-ring (bicyclic) bond motifs is 1. The quantitative estimate of drug-likeness (QED) is 0.327. The Balaban J connectivity index is 1.69. The van der Waals surface area contributed by atoms with Gasteiger partial charge in [-0.25, -0.2) is 0 Å². The van der Waals surface area contributed by atoms with Crippen LogP contribution in [0.2, 0.25) is 10.0 Å². The molecule has 1 amide bonds. The summed E-state index contributed by atoms with van der Waals surface area (Å²) in [6, 6.07) is 14.0. The molecule has 1 heterocycles. The molecule has 0 spiro atoms. The predicted octanol–water partition coefficient (Wildman–Crippen LogP) is 7.60. The van der Waals surface area contributed by atoms with Gasteiger partial charge in [0.05, 0.1) is 5.71 Å². The minimum absolute atomic E-state index is 0.0610. The van der Waals surface area contributed by atoms with Crippen molar-refractivity contribution in [2.75, 3.05) is 12.8 Å². The largest absolute Gasteiger partial charge is 0.435 e. The number of hydrogen-bond acceptors (Lipinski definition) is 4. The molecule has 0 aromatic heterocycles. The summed E-state index contributed by atoms with van der Waals surface area (Å²) >= 11 is 13.7. The second-order valence-corrected chi connectivity index (χ2v) is 10.7. The summed E-state index contributed by atoms with van der Waals surface area (Å²) in [5.74, 6) is -0.242. The van der Waals surface area contributed by atoms with Crippen LogP contribution in [-0.2, 0) is 10.4 Å². The van der Waals surface area contributed by atoms with E-state index in [0.717, 1.165) is 6.42 Å². The summed E-state index contributed by atoms with van der Waals surface area (Å²) in [4.78, 5) is 18.0. The lowest BCUT2D eigenvalue weighted by molar-refractivity contribution is -0.275. The van der Waals surface area contributed by atoms with Crippen LogP contribution in [0, 0.1) is 0 Å². The molecule has 190 valence electrons. The van der Waals surface area contributed by atoms with Crippen LogP contribution >= 0.6 is 35.0 Å². The highest BCUT2D eigenvalue weighted by Gasteiger charge is 2.62. The van der Waals surface area contributed by atoms with Gasteiger partial charge in [-0.3, -0.25) is 4.79 Å². The topological polar surface area (TPSA) is 50.7 Å². The molecule has 0 bridgehead atoms. The van der Waals surface area contributed by atoms with E-state index in [-0.39, 0.29) is 27.2 Å². The number of nitrogens with zero attached hydrogens (tertiary/aromatic N) is 1. The fraction of sp³-hybridized carbons (Fsp3) is 0.308. The first kappa shape index (κ1) is 26.6. The summed E-state index contributed by atoms with van der Waals surface area (Å²) in [6.45, 7) is 2.61. The number of hydrogen-bond donors (Lipinski definition) is 1. The fourth-order valence-electron chi connectivity index (χ4n) is 4.19. The highest BCUT2D eigenvalue weighted by molar-refractivity contribution is 7.99. The second-order valence-electron chi connectivity index (χ2n) is 8.59. The molecule has 0 aliphatic carbocycles. The molecule has 0 fully saturated rings. The first-order chi connectivity index (χ1) is 17.1. The minimum Gasteiger partial charge on any atom is -0.374 e. The fourth-order valence-corrected chi connectivity index (χ4v) is 5.07. The molecule has 3 aromatic rings. The third kappa shape index (κ3) is 5.17. The normalized spacial score (nSPS) is 18.6. The van der Waals surface area contributed by atoms with Crippen LogP contribution in [0.1, 0.15) is 41.3 Å². The van der Waals surface area contributed by atoms with Crippen molar-refractivity contribution >= 4 is 57.4 Å². The molecule has 2 atom stereocenters. The van der Waals surface area contributed by atoms with Crippen molar-refractivity contribution in [1.29, 1.82) is 0 Å². The Morgan fingerprint density at radius 1 is 1.14 bits per heavy atom. The van der Waals surface area contributed by atoms with Crippen LogP contribution in [0.5, 0.6) is 0 Å². The van der Waals surface area contributed by atoms with Gasteiger partial charge in [0.1, 0.15) is 0 Å². The van der Waals surface area contributed by atoms with Gasteiger partial charge in [0.15, 0.2) is 0 Å². The molecule has 0 radical (unpaired) electrons. The van der Waals surface area contributed by atoms with Crippen molar-refractivity contribution in [2.24, 2.45) is 5.16 Å². The predicted molar refractivity (Wildman–Crippen MR) is 140 cm³/mol. The van der Waals surface area contributed by atoms with Crippen LogP contribution in [0.25, 0.3) is 10.8 Å². The van der Waals surface area contributed by atoms with Gasteiger partial charge < -0.3 is 10.2 Å². The molecule has 0 saturated carbocycles. The minimum atomic E-state index is -4.80. The Kier molecular flexibility index (Phi) is 7.78. The van der Waals surface area contributed by atoms with Gasteiger partial charge in [0.25, 0.3) is 11.5 Å². The zero-order valence-electron chi connectivity index (χ0n) is 19.5. The average molecular weight is 555 g/mol. The number of rotatable bonds is 7. The van der Waals surface area contributed by atoms with Gasteiger partial charge in [0.2, 0.25) is 0 Å². The average Bonchev–Trinajstić information content (AvgIpc) is 3.29. The van der Waals surface area contributed by atoms with Crippen LogP contribution in [0.4, 0.5) is 13.2 Å². The number of nitrogens with one attached hydrogen (secondary N) is 1. The molecule has 10 heteroatoms. The van der Waals surface area contributed by atoms with E-state index in [1.165, 1.54) is 18.2 Å². The van der Waals surface area contributed by atoms with E-state index in [1.54, 1.807) is 48.2 Å². The van der Waals surface area contributed by atoms with Crippen LogP contribution in [-0.4, -0.2) is 35.8 Å². The summed E-state index contributed by atoms with van der Waals surface area (Å²) < 4.78 is 43.2. The standard InChI is InChI=1S/C26H23Cl2F3N2O2S/c1-15(36-2)9-10-32-24(34)22-8-7-21(19-5-3-4-6-20(19)22)23-14-25(35-33-23,26(29,30)31)16-11-17(27)13-18(28)12-16/h3-8,11-13,15H,9-10,14H2,1-2H3,(H,32,34). The van der Waals surface area contributed by atoms with Gasteiger partial charge in [-0.05, 0) is 47.7 Å². The first-order valence-electron chi connectivity index (χ1n) is 11.2. The number of carbonyl (C=O) groups excluding carboxylic acids is 1. The van der Waals surface area contributed by atoms with E-state index >= 15 is 0 Å². The number of benzene rings is 3. The Labute approximate surface area is 221 Å². The highest BCUT2D eigenvalue weighted by Crippen LogP contribution is 2.50. The van der Waals surface area contributed by atoms with E-state index in [1.807, 2.05) is 6.26 Å². The Hall–Kier alpha value is -2.42. The van der Waals surface area contributed by atoms with Crippen molar-refractivity contribution in [2.45, 2.75) is 36.8 Å². The molecule has 4 nitrogen and oxygen atoms in total. The monoisotopic (exact) mass is 554 g/mol. The molecule has 3 aromatic carbocycles. The van der Waals surface area contributed by atoms with Crippen LogP contribution in [0.15, 0.2) is 59.8 Å². The maximum atomic E-state index is 14.4. The van der Waals surface area contributed by atoms with E-state index in [0.29, 0.717) is 33.7 Å².